The number of carbonyl (C=O) groups excluding carboxylic acids is 1. The topological polar surface area (TPSA) is 44.4 Å². The number of hydrazine groups is 1. The number of nitrogens with one attached hydrogen (secondary N) is 2. The molecule has 4 heteroatoms. The number of hydrogen-bond acceptors (Lipinski definition) is 3. The van der Waals surface area contributed by atoms with Crippen LogP contribution in [-0.2, 0) is 0 Å². The number of carbonyl (C=O) groups is 1. The molecule has 4 nitrogen and oxygen atoms in total. The number of amides is 1. The van der Waals surface area contributed by atoms with E-state index < -0.39 is 0 Å². The van der Waals surface area contributed by atoms with E-state index in [1.165, 1.54) is 6.42 Å². The van der Waals surface area contributed by atoms with Gasteiger partial charge in [-0.15, -0.1) is 0 Å². The smallest absolute Gasteiger partial charge is 0.265 e. The summed E-state index contributed by atoms with van der Waals surface area (Å²) >= 11 is 0. The number of benzene rings is 1. The van der Waals surface area contributed by atoms with Gasteiger partial charge in [0, 0.05) is 29.9 Å². The third kappa shape index (κ3) is 4.21. The van der Waals surface area contributed by atoms with E-state index in [9.17, 15) is 4.79 Å². The molecule has 0 spiro atoms. The molecule has 1 fully saturated rings. The zero-order valence-electron chi connectivity index (χ0n) is 13.4. The van der Waals surface area contributed by atoms with Gasteiger partial charge in [0.25, 0.3) is 5.91 Å². The fourth-order valence-electron chi connectivity index (χ4n) is 2.83. The van der Waals surface area contributed by atoms with E-state index in [0.717, 1.165) is 31.5 Å². The van der Waals surface area contributed by atoms with Crippen LogP contribution in [0.2, 0.25) is 0 Å². The molecule has 0 radical (unpaired) electrons. The van der Waals surface area contributed by atoms with Gasteiger partial charge in [0.05, 0.1) is 0 Å². The van der Waals surface area contributed by atoms with Gasteiger partial charge in [-0.05, 0) is 57.4 Å². The molecule has 1 aromatic rings. The monoisotopic (exact) mass is 289 g/mol. The van der Waals surface area contributed by atoms with Crippen LogP contribution in [0.25, 0.3) is 0 Å². The minimum absolute atomic E-state index is 0.0161. The number of hydrogen-bond donors (Lipinski definition) is 2. The van der Waals surface area contributed by atoms with Gasteiger partial charge in [-0.2, -0.15) is 0 Å². The maximum Gasteiger partial charge on any atom is 0.265 e. The molecule has 1 aliphatic heterocycles. The minimum Gasteiger partial charge on any atom is -0.385 e. The highest BCUT2D eigenvalue weighted by Gasteiger charge is 2.26. The number of rotatable bonds is 5. The van der Waals surface area contributed by atoms with Gasteiger partial charge >= 0.3 is 0 Å². The number of anilines is 1. The quantitative estimate of drug-likeness (QED) is 0.873. The van der Waals surface area contributed by atoms with Crippen molar-refractivity contribution in [3.63, 3.8) is 0 Å². The number of piperidine rings is 1. The van der Waals surface area contributed by atoms with Crippen molar-refractivity contribution in [2.75, 3.05) is 11.9 Å². The summed E-state index contributed by atoms with van der Waals surface area (Å²) in [5.41, 5.74) is 4.84. The SMILES string of the molecule is CCCNc1ccc(C(=O)NN2C(C)CCCC2C)cc1. The van der Waals surface area contributed by atoms with Crippen LogP contribution in [0.5, 0.6) is 0 Å². The van der Waals surface area contributed by atoms with Crippen molar-refractivity contribution < 1.29 is 4.79 Å². The zero-order chi connectivity index (χ0) is 15.2. The maximum absolute atomic E-state index is 12.4. The average Bonchev–Trinajstić information content (AvgIpc) is 2.49. The fraction of sp³-hybridized carbons (Fsp3) is 0.588. The molecular formula is C17H27N3O. The highest BCUT2D eigenvalue weighted by Crippen LogP contribution is 2.20. The second-order valence-corrected chi connectivity index (χ2v) is 5.98. The Morgan fingerprint density at radius 1 is 1.19 bits per heavy atom. The predicted molar refractivity (Wildman–Crippen MR) is 87.3 cm³/mol. The molecular weight excluding hydrogens is 262 g/mol. The molecule has 0 saturated carbocycles. The highest BCUT2D eigenvalue weighted by molar-refractivity contribution is 5.94. The Labute approximate surface area is 127 Å². The molecule has 1 saturated heterocycles. The lowest BCUT2D eigenvalue weighted by molar-refractivity contribution is 0.0370. The Bertz CT molecular complexity index is 448. The van der Waals surface area contributed by atoms with Gasteiger partial charge in [0.1, 0.15) is 0 Å². The van der Waals surface area contributed by atoms with E-state index in [1.54, 1.807) is 0 Å². The van der Waals surface area contributed by atoms with Crippen molar-refractivity contribution in [1.29, 1.82) is 0 Å². The second kappa shape index (κ2) is 7.46. The molecule has 2 N–H and O–H groups in total. The summed E-state index contributed by atoms with van der Waals surface area (Å²) in [6, 6.07) is 8.51. The van der Waals surface area contributed by atoms with Crippen LogP contribution in [0.3, 0.4) is 0 Å². The van der Waals surface area contributed by atoms with Crippen LogP contribution in [0.4, 0.5) is 5.69 Å². The number of nitrogens with zero attached hydrogens (tertiary/aromatic N) is 1. The van der Waals surface area contributed by atoms with Gasteiger partial charge in [0.2, 0.25) is 0 Å². The third-order valence-electron chi connectivity index (χ3n) is 4.15. The van der Waals surface area contributed by atoms with E-state index >= 15 is 0 Å². The van der Waals surface area contributed by atoms with Crippen molar-refractivity contribution in [2.45, 2.75) is 58.5 Å². The normalized spacial score (nSPS) is 22.8. The van der Waals surface area contributed by atoms with Gasteiger partial charge < -0.3 is 5.32 Å². The molecule has 1 amide bonds. The molecule has 2 rings (SSSR count). The fourth-order valence-corrected chi connectivity index (χ4v) is 2.83. The molecule has 2 unspecified atom stereocenters. The summed E-state index contributed by atoms with van der Waals surface area (Å²) in [6.07, 6.45) is 4.62. The van der Waals surface area contributed by atoms with Crippen LogP contribution in [-0.4, -0.2) is 29.5 Å². The Balaban J connectivity index is 1.96. The Morgan fingerprint density at radius 2 is 1.81 bits per heavy atom. The molecule has 116 valence electrons. The molecule has 1 heterocycles. The van der Waals surface area contributed by atoms with Gasteiger partial charge in [-0.25, -0.2) is 5.01 Å². The first-order valence-electron chi connectivity index (χ1n) is 8.05. The lowest BCUT2D eigenvalue weighted by Crippen LogP contribution is -2.54. The van der Waals surface area contributed by atoms with Crippen molar-refractivity contribution >= 4 is 11.6 Å². The molecule has 21 heavy (non-hydrogen) atoms. The van der Waals surface area contributed by atoms with Crippen LogP contribution < -0.4 is 10.7 Å². The van der Waals surface area contributed by atoms with E-state index in [0.29, 0.717) is 17.6 Å². The van der Waals surface area contributed by atoms with Crippen molar-refractivity contribution in [3.05, 3.63) is 29.8 Å². The molecule has 0 aliphatic carbocycles. The van der Waals surface area contributed by atoms with Crippen LogP contribution in [0, 0.1) is 0 Å². The van der Waals surface area contributed by atoms with Gasteiger partial charge in [0.15, 0.2) is 0 Å². The van der Waals surface area contributed by atoms with Crippen LogP contribution in [0.15, 0.2) is 24.3 Å². The summed E-state index contributed by atoms with van der Waals surface area (Å²) in [7, 11) is 0. The lowest BCUT2D eigenvalue weighted by Gasteiger charge is -2.38. The minimum atomic E-state index is -0.0161. The highest BCUT2D eigenvalue weighted by atomic mass is 16.2. The first kappa shape index (κ1) is 15.8. The summed E-state index contributed by atoms with van der Waals surface area (Å²) in [5.74, 6) is -0.0161. The van der Waals surface area contributed by atoms with Crippen molar-refractivity contribution in [3.8, 4) is 0 Å². The average molecular weight is 289 g/mol. The van der Waals surface area contributed by atoms with Crippen LogP contribution in [0.1, 0.15) is 56.8 Å². The van der Waals surface area contributed by atoms with E-state index in [1.807, 2.05) is 24.3 Å². The Morgan fingerprint density at radius 3 is 2.38 bits per heavy atom. The molecule has 1 aliphatic rings. The summed E-state index contributed by atoms with van der Waals surface area (Å²) in [6.45, 7) is 7.44. The van der Waals surface area contributed by atoms with E-state index in [-0.39, 0.29) is 5.91 Å². The maximum atomic E-state index is 12.4. The van der Waals surface area contributed by atoms with Gasteiger partial charge in [-0.3, -0.25) is 10.2 Å². The predicted octanol–water partition coefficient (Wildman–Crippen LogP) is 3.42. The van der Waals surface area contributed by atoms with Crippen LogP contribution >= 0.6 is 0 Å². The van der Waals surface area contributed by atoms with Crippen molar-refractivity contribution in [1.82, 2.24) is 10.4 Å². The second-order valence-electron chi connectivity index (χ2n) is 5.98. The largest absolute Gasteiger partial charge is 0.385 e. The molecule has 0 bridgehead atoms. The third-order valence-corrected chi connectivity index (χ3v) is 4.15. The zero-order valence-corrected chi connectivity index (χ0v) is 13.4. The van der Waals surface area contributed by atoms with Crippen molar-refractivity contribution in [2.24, 2.45) is 0 Å². The Hall–Kier alpha value is -1.55. The first-order chi connectivity index (χ1) is 10.1. The summed E-state index contributed by atoms with van der Waals surface area (Å²) < 4.78 is 0. The lowest BCUT2D eigenvalue weighted by atomic mass is 10.00. The molecule has 2 atom stereocenters. The summed E-state index contributed by atoms with van der Waals surface area (Å²) in [5, 5.41) is 5.42. The Kier molecular flexibility index (Phi) is 5.62. The molecule has 0 aromatic heterocycles. The van der Waals surface area contributed by atoms with E-state index in [2.05, 4.69) is 36.5 Å². The van der Waals surface area contributed by atoms with E-state index in [4.69, 9.17) is 0 Å². The van der Waals surface area contributed by atoms with Gasteiger partial charge in [-0.1, -0.05) is 13.3 Å². The first-order valence-corrected chi connectivity index (χ1v) is 8.05. The standard InChI is InChI=1S/C17H27N3O/c1-4-12-18-16-10-8-15(9-11-16)17(21)19-20-13(2)6-5-7-14(20)3/h8-11,13-14,18H,4-7,12H2,1-3H3,(H,19,21). The summed E-state index contributed by atoms with van der Waals surface area (Å²) in [4.78, 5) is 12.4. The molecule has 1 aromatic carbocycles.